The van der Waals surface area contributed by atoms with Crippen molar-refractivity contribution in [3.63, 3.8) is 0 Å². The molecule has 0 atom stereocenters. The zero-order valence-electron chi connectivity index (χ0n) is 13.0. The molecule has 0 radical (unpaired) electrons. The summed E-state index contributed by atoms with van der Waals surface area (Å²) in [6, 6.07) is 3.36. The van der Waals surface area contributed by atoms with Crippen LogP contribution >= 0.6 is 15.9 Å². The summed E-state index contributed by atoms with van der Waals surface area (Å²) in [5.74, 6) is -1.98. The average molecular weight is 379 g/mol. The molecule has 0 aliphatic carbocycles. The van der Waals surface area contributed by atoms with Crippen LogP contribution in [0.5, 0.6) is 11.5 Å². The highest BCUT2D eigenvalue weighted by Gasteiger charge is 2.25. The smallest absolute Gasteiger partial charge is 0.247 e. The minimum absolute atomic E-state index is 0.166. The molecule has 0 heterocycles. The van der Waals surface area contributed by atoms with E-state index < -0.39 is 5.92 Å². The fourth-order valence-corrected chi connectivity index (χ4v) is 2.54. The highest BCUT2D eigenvalue weighted by molar-refractivity contribution is 9.10. The molecule has 0 bridgehead atoms. The van der Waals surface area contributed by atoms with Crippen LogP contribution in [0.4, 0.5) is 8.78 Å². The average Bonchev–Trinajstić information content (AvgIpc) is 2.50. The van der Waals surface area contributed by atoms with Crippen molar-refractivity contribution in [2.45, 2.75) is 45.0 Å². The predicted molar refractivity (Wildman–Crippen MR) is 85.3 cm³/mol. The van der Waals surface area contributed by atoms with E-state index in [9.17, 15) is 13.6 Å². The summed E-state index contributed by atoms with van der Waals surface area (Å²) >= 11 is 3.32. The van der Waals surface area contributed by atoms with Gasteiger partial charge >= 0.3 is 0 Å². The molecule has 22 heavy (non-hydrogen) atoms. The van der Waals surface area contributed by atoms with Crippen molar-refractivity contribution in [2.24, 2.45) is 0 Å². The summed E-state index contributed by atoms with van der Waals surface area (Å²) in [6.07, 6.45) is 0.555. The van der Waals surface area contributed by atoms with Gasteiger partial charge in [-0.3, -0.25) is 4.79 Å². The normalized spacial score (nSPS) is 11.4. The number of carbonyl (C=O) groups excluding carboxylic acids is 1. The number of rotatable bonds is 9. The summed E-state index contributed by atoms with van der Waals surface area (Å²) in [5.41, 5.74) is 0.357. The van der Waals surface area contributed by atoms with Crippen LogP contribution in [0.3, 0.4) is 0 Å². The number of Topliss-reactive ketones (excluding diaryl/α,β-unsaturated/α-hetero) is 1. The van der Waals surface area contributed by atoms with Crippen molar-refractivity contribution in [3.8, 4) is 11.5 Å². The van der Waals surface area contributed by atoms with Gasteiger partial charge in [0.15, 0.2) is 5.78 Å². The number of unbranched alkanes of at least 4 members (excludes halogenated alkanes) is 1. The number of hydrogen-bond donors (Lipinski definition) is 0. The van der Waals surface area contributed by atoms with Crippen molar-refractivity contribution in [1.29, 1.82) is 0 Å². The minimum Gasteiger partial charge on any atom is -0.496 e. The Labute approximate surface area is 138 Å². The molecule has 3 nitrogen and oxygen atoms in total. The van der Waals surface area contributed by atoms with E-state index in [-0.39, 0.29) is 25.0 Å². The van der Waals surface area contributed by atoms with Crippen LogP contribution in [0.2, 0.25) is 0 Å². The molecule has 0 saturated carbocycles. The molecule has 0 amide bonds. The van der Waals surface area contributed by atoms with E-state index in [4.69, 9.17) is 9.47 Å². The lowest BCUT2D eigenvalue weighted by molar-refractivity contribution is -0.0136. The molecule has 0 aromatic heterocycles. The number of benzene rings is 1. The van der Waals surface area contributed by atoms with Gasteiger partial charge in [0.2, 0.25) is 5.92 Å². The number of hydrogen-bond acceptors (Lipinski definition) is 3. The third kappa shape index (κ3) is 5.23. The van der Waals surface area contributed by atoms with Crippen molar-refractivity contribution in [1.82, 2.24) is 0 Å². The second-order valence-electron chi connectivity index (χ2n) is 5.03. The topological polar surface area (TPSA) is 35.5 Å². The Bertz CT molecular complexity index is 493. The maximum atomic E-state index is 13.2. The van der Waals surface area contributed by atoms with Crippen molar-refractivity contribution in [2.75, 3.05) is 14.2 Å². The van der Waals surface area contributed by atoms with Crippen LogP contribution in [-0.4, -0.2) is 25.9 Å². The van der Waals surface area contributed by atoms with Crippen LogP contribution in [0, 0.1) is 0 Å². The first-order valence-electron chi connectivity index (χ1n) is 7.17. The number of ether oxygens (including phenoxy) is 2. The lowest BCUT2D eigenvalue weighted by atomic mass is 10.0. The van der Waals surface area contributed by atoms with Gasteiger partial charge in [-0.1, -0.05) is 22.9 Å². The predicted octanol–water partition coefficient (Wildman–Crippen LogP) is 5.25. The van der Waals surface area contributed by atoms with Gasteiger partial charge in [0.05, 0.1) is 14.2 Å². The maximum absolute atomic E-state index is 13.2. The molecule has 6 heteroatoms. The second kappa shape index (κ2) is 8.46. The summed E-state index contributed by atoms with van der Waals surface area (Å²) in [5, 5.41) is 0. The van der Waals surface area contributed by atoms with Crippen LogP contribution in [0.25, 0.3) is 0 Å². The Morgan fingerprint density at radius 1 is 1.18 bits per heavy atom. The molecular formula is C16H21BrF2O3. The minimum atomic E-state index is -2.64. The van der Waals surface area contributed by atoms with Gasteiger partial charge < -0.3 is 9.47 Å². The molecule has 124 valence electrons. The molecule has 1 aromatic carbocycles. The highest BCUT2D eigenvalue weighted by atomic mass is 79.9. The molecular weight excluding hydrogens is 358 g/mol. The van der Waals surface area contributed by atoms with Gasteiger partial charge in [-0.2, -0.15) is 0 Å². The first-order chi connectivity index (χ1) is 10.3. The molecule has 0 aliphatic heterocycles. The van der Waals surface area contributed by atoms with E-state index >= 15 is 0 Å². The number of ketones is 1. The van der Waals surface area contributed by atoms with Gasteiger partial charge in [-0.15, -0.1) is 0 Å². The number of methoxy groups -OCH3 is 2. The molecule has 0 unspecified atom stereocenters. The molecule has 1 rings (SSSR count). The maximum Gasteiger partial charge on any atom is 0.247 e. The highest BCUT2D eigenvalue weighted by Crippen LogP contribution is 2.34. The van der Waals surface area contributed by atoms with E-state index in [1.807, 2.05) is 0 Å². The lowest BCUT2D eigenvalue weighted by Crippen LogP contribution is -2.14. The summed E-state index contributed by atoms with van der Waals surface area (Å²) in [4.78, 5) is 12.3. The molecule has 0 spiro atoms. The number of halogens is 3. The van der Waals surface area contributed by atoms with E-state index in [0.29, 0.717) is 29.9 Å². The second-order valence-corrected chi connectivity index (χ2v) is 5.94. The molecule has 0 aliphatic rings. The van der Waals surface area contributed by atoms with Gasteiger partial charge in [0.1, 0.15) is 17.1 Å². The van der Waals surface area contributed by atoms with Crippen LogP contribution < -0.4 is 9.47 Å². The Hall–Kier alpha value is -1.17. The third-order valence-corrected chi connectivity index (χ3v) is 3.92. The van der Waals surface area contributed by atoms with Crippen LogP contribution in [-0.2, 0) is 0 Å². The van der Waals surface area contributed by atoms with E-state index in [1.165, 1.54) is 21.1 Å². The largest absolute Gasteiger partial charge is 0.496 e. The van der Waals surface area contributed by atoms with Gasteiger partial charge in [0.25, 0.3) is 0 Å². The summed E-state index contributed by atoms with van der Waals surface area (Å²) < 4.78 is 37.5. The van der Waals surface area contributed by atoms with E-state index in [2.05, 4.69) is 15.9 Å². The zero-order chi connectivity index (χ0) is 16.8. The Balaban J connectivity index is 2.73. The van der Waals surface area contributed by atoms with Crippen LogP contribution in [0.1, 0.15) is 49.4 Å². The van der Waals surface area contributed by atoms with Gasteiger partial charge in [-0.25, -0.2) is 8.78 Å². The Morgan fingerprint density at radius 2 is 1.73 bits per heavy atom. The molecule has 0 saturated heterocycles. The van der Waals surface area contributed by atoms with Gasteiger partial charge in [-0.05, 0) is 25.0 Å². The lowest BCUT2D eigenvalue weighted by Gasteiger charge is -2.14. The van der Waals surface area contributed by atoms with Crippen molar-refractivity contribution in [3.05, 3.63) is 22.2 Å². The van der Waals surface area contributed by atoms with Gasteiger partial charge in [0, 0.05) is 23.7 Å². The van der Waals surface area contributed by atoms with Crippen molar-refractivity contribution < 1.29 is 23.0 Å². The first-order valence-corrected chi connectivity index (χ1v) is 7.96. The monoisotopic (exact) mass is 378 g/mol. The first kappa shape index (κ1) is 18.9. The standard InChI is InChI=1S/C16H21BrF2O3/c1-4-16(18,19)8-6-5-7-12(20)15-13(21-2)9-11(17)10-14(15)22-3/h9-10H,4-8H2,1-3H3. The Morgan fingerprint density at radius 3 is 2.18 bits per heavy atom. The molecule has 0 N–H and O–H groups in total. The summed E-state index contributed by atoms with van der Waals surface area (Å²) in [7, 11) is 2.94. The molecule has 0 fully saturated rings. The van der Waals surface area contributed by atoms with E-state index in [1.54, 1.807) is 12.1 Å². The number of alkyl halides is 2. The quantitative estimate of drug-likeness (QED) is 0.434. The fraction of sp³-hybridized carbons (Fsp3) is 0.562. The number of carbonyl (C=O) groups is 1. The van der Waals surface area contributed by atoms with Crippen LogP contribution in [0.15, 0.2) is 16.6 Å². The van der Waals surface area contributed by atoms with E-state index in [0.717, 1.165) is 4.47 Å². The summed E-state index contributed by atoms with van der Waals surface area (Å²) in [6.45, 7) is 1.46. The fourth-order valence-electron chi connectivity index (χ4n) is 2.13. The molecule has 1 aromatic rings. The van der Waals surface area contributed by atoms with Crippen molar-refractivity contribution >= 4 is 21.7 Å². The SMILES string of the molecule is CCC(F)(F)CCCCC(=O)c1c(OC)cc(Br)cc1OC. The third-order valence-electron chi connectivity index (χ3n) is 3.46. The Kier molecular flexibility index (Phi) is 7.26. The zero-order valence-corrected chi connectivity index (χ0v) is 14.6.